The van der Waals surface area contributed by atoms with Crippen LogP contribution in [0.15, 0.2) is 67.3 Å². The number of pyridine rings is 2. The Morgan fingerprint density at radius 3 is 2.17 bits per heavy atom. The first-order valence-corrected chi connectivity index (χ1v) is 13.8. The van der Waals surface area contributed by atoms with Crippen molar-refractivity contribution in [3.63, 3.8) is 0 Å². The number of hydrogen-bond acceptors (Lipinski definition) is 6. The molecule has 230 valence electrons. The smallest absolute Gasteiger partial charge is 0.242 e. The van der Waals surface area contributed by atoms with E-state index in [0.29, 0.717) is 36.6 Å². The average Bonchev–Trinajstić information content (AvgIpc) is 3.04. The number of amides is 2. The van der Waals surface area contributed by atoms with E-state index in [9.17, 15) is 9.59 Å². The molecule has 0 saturated carbocycles. The number of rotatable bonds is 12. The van der Waals surface area contributed by atoms with Gasteiger partial charge in [-0.25, -0.2) is 0 Å². The molecule has 0 radical (unpaired) electrons. The van der Waals surface area contributed by atoms with Crippen LogP contribution in [-0.4, -0.2) is 49.0 Å². The van der Waals surface area contributed by atoms with Gasteiger partial charge in [-0.3, -0.25) is 19.6 Å². The molecule has 1 atom stereocenters. The molecule has 4 rings (SSSR count). The van der Waals surface area contributed by atoms with E-state index in [4.69, 9.17) is 4.74 Å². The number of nitrogens with zero attached hydrogens (tertiary/aromatic N) is 4. The largest absolute Gasteiger partial charge is 0.493 e. The molecule has 1 unspecified atom stereocenters. The molecule has 1 N–H and O–H groups in total. The Balaban J connectivity index is 0.00000294. The highest BCUT2D eigenvalue weighted by Gasteiger charge is 2.49. The number of hydrogen-bond donors (Lipinski definition) is 1. The molecule has 11 heteroatoms. The number of aryl methyl sites for hydroxylation is 1. The molecule has 0 spiro atoms. The number of fused-ring (bicyclic) bond motifs is 1. The third-order valence-corrected chi connectivity index (χ3v) is 7.84. The summed E-state index contributed by atoms with van der Waals surface area (Å²) in [6.07, 6.45) is 11.0. The standard InChI is InChI=1S/C31H39N5O3.3ClH/c1-5-31(6-2)29(37)35(3)27-13-11-25(21-28(27)36(4)30(31)38)39-20-8-17-34-26(24-14-18-32-19-15-24)12-10-23-9-7-16-33-22-23;;;/h7,9,11,13-16,18-19,21-22,26,34H,5-6,8,10,12,17,20H2,1-4H3;3*1H. The predicted octanol–water partition coefficient (Wildman–Crippen LogP) is 6.22. The number of benzene rings is 1. The number of aromatic nitrogens is 2. The SMILES string of the molecule is CCC1(CC)C(=O)N(C)c2ccc(OCCCNC(CCc3cccnc3)c3ccncc3)cc2N(C)C1=O.Cl.Cl.Cl. The van der Waals surface area contributed by atoms with Crippen LogP contribution in [0.5, 0.6) is 5.75 Å². The summed E-state index contributed by atoms with van der Waals surface area (Å²) in [7, 11) is 3.49. The summed E-state index contributed by atoms with van der Waals surface area (Å²) in [5.74, 6) is 0.352. The molecule has 42 heavy (non-hydrogen) atoms. The second-order valence-corrected chi connectivity index (χ2v) is 10.1. The summed E-state index contributed by atoms with van der Waals surface area (Å²) in [6, 6.07) is 14.0. The molecule has 2 aromatic heterocycles. The van der Waals surface area contributed by atoms with Gasteiger partial charge in [0.15, 0.2) is 0 Å². The van der Waals surface area contributed by atoms with Crippen molar-refractivity contribution in [1.82, 2.24) is 15.3 Å². The highest BCUT2D eigenvalue weighted by Crippen LogP contribution is 2.42. The first-order chi connectivity index (χ1) is 18.9. The molecule has 0 aliphatic carbocycles. The van der Waals surface area contributed by atoms with E-state index in [-0.39, 0.29) is 55.1 Å². The zero-order valence-corrected chi connectivity index (χ0v) is 27.1. The Hall–Kier alpha value is -2.91. The summed E-state index contributed by atoms with van der Waals surface area (Å²) in [5.41, 5.74) is 2.78. The lowest BCUT2D eigenvalue weighted by molar-refractivity contribution is -0.140. The van der Waals surface area contributed by atoms with Gasteiger partial charge >= 0.3 is 0 Å². The van der Waals surface area contributed by atoms with Crippen LogP contribution in [-0.2, 0) is 16.0 Å². The Bertz CT molecular complexity index is 1260. The van der Waals surface area contributed by atoms with Crippen LogP contribution < -0.4 is 19.9 Å². The molecule has 8 nitrogen and oxygen atoms in total. The van der Waals surface area contributed by atoms with E-state index in [1.165, 1.54) is 11.1 Å². The van der Waals surface area contributed by atoms with Gasteiger partial charge in [-0.2, -0.15) is 0 Å². The minimum atomic E-state index is -1.04. The van der Waals surface area contributed by atoms with Crippen LogP contribution in [0.25, 0.3) is 0 Å². The number of carbonyl (C=O) groups excluding carboxylic acids is 2. The third kappa shape index (κ3) is 8.13. The zero-order valence-electron chi connectivity index (χ0n) is 24.6. The van der Waals surface area contributed by atoms with Crippen molar-refractivity contribution in [2.45, 2.75) is 52.0 Å². The Morgan fingerprint density at radius 1 is 0.881 bits per heavy atom. The maximum atomic E-state index is 13.4. The van der Waals surface area contributed by atoms with Gasteiger partial charge in [0.05, 0.1) is 18.0 Å². The molecule has 1 aliphatic heterocycles. The predicted molar refractivity (Wildman–Crippen MR) is 176 cm³/mol. The van der Waals surface area contributed by atoms with Crippen LogP contribution in [0.2, 0.25) is 0 Å². The minimum absolute atomic E-state index is 0. The Kier molecular flexibility index (Phi) is 15.3. The van der Waals surface area contributed by atoms with Gasteiger partial charge in [-0.1, -0.05) is 19.9 Å². The quantitative estimate of drug-likeness (QED) is 0.187. The van der Waals surface area contributed by atoms with E-state index in [2.05, 4.69) is 33.5 Å². The first-order valence-electron chi connectivity index (χ1n) is 13.8. The molecule has 1 aromatic carbocycles. The molecular formula is C31H42Cl3N5O3. The third-order valence-electron chi connectivity index (χ3n) is 7.84. The van der Waals surface area contributed by atoms with Gasteiger partial charge in [-0.15, -0.1) is 37.2 Å². The van der Waals surface area contributed by atoms with Gasteiger partial charge in [0.1, 0.15) is 11.2 Å². The van der Waals surface area contributed by atoms with E-state index < -0.39 is 5.41 Å². The zero-order chi connectivity index (χ0) is 27.8. The lowest BCUT2D eigenvalue weighted by atomic mass is 9.79. The fraction of sp³-hybridized carbons (Fsp3) is 0.419. The molecule has 1 aliphatic rings. The number of carbonyl (C=O) groups is 2. The fourth-order valence-electron chi connectivity index (χ4n) is 5.33. The highest BCUT2D eigenvalue weighted by atomic mass is 35.5. The average molecular weight is 639 g/mol. The molecule has 3 aromatic rings. The van der Waals surface area contributed by atoms with Crippen molar-refractivity contribution in [1.29, 1.82) is 0 Å². The molecule has 0 bridgehead atoms. The van der Waals surface area contributed by atoms with E-state index in [1.807, 2.05) is 56.7 Å². The lowest BCUT2D eigenvalue weighted by Crippen LogP contribution is -2.49. The van der Waals surface area contributed by atoms with Gasteiger partial charge < -0.3 is 19.9 Å². The van der Waals surface area contributed by atoms with Crippen molar-refractivity contribution in [3.8, 4) is 5.75 Å². The highest BCUT2D eigenvalue weighted by molar-refractivity contribution is 6.20. The maximum absolute atomic E-state index is 13.4. The summed E-state index contributed by atoms with van der Waals surface area (Å²) < 4.78 is 6.08. The summed E-state index contributed by atoms with van der Waals surface area (Å²) >= 11 is 0. The fourth-order valence-corrected chi connectivity index (χ4v) is 5.33. The van der Waals surface area contributed by atoms with Crippen molar-refractivity contribution in [2.75, 3.05) is 37.0 Å². The van der Waals surface area contributed by atoms with Gasteiger partial charge in [-0.05, 0) is 80.1 Å². The summed E-state index contributed by atoms with van der Waals surface area (Å²) in [6.45, 7) is 5.11. The van der Waals surface area contributed by atoms with E-state index >= 15 is 0 Å². The molecular weight excluding hydrogens is 597 g/mol. The lowest BCUT2D eigenvalue weighted by Gasteiger charge is -2.31. The van der Waals surface area contributed by atoms with E-state index in [0.717, 1.165) is 25.8 Å². The minimum Gasteiger partial charge on any atom is -0.493 e. The number of halogens is 3. The second-order valence-electron chi connectivity index (χ2n) is 10.1. The first kappa shape index (κ1) is 37.1. The van der Waals surface area contributed by atoms with Crippen molar-refractivity contribution in [2.24, 2.45) is 5.41 Å². The van der Waals surface area contributed by atoms with Gasteiger partial charge in [0, 0.05) is 51.0 Å². The second kappa shape index (κ2) is 17.3. The van der Waals surface area contributed by atoms with Crippen molar-refractivity contribution in [3.05, 3.63) is 78.4 Å². The number of nitrogens with one attached hydrogen (secondary N) is 1. The Morgan fingerprint density at radius 2 is 1.55 bits per heavy atom. The van der Waals surface area contributed by atoms with Crippen LogP contribution in [0.3, 0.4) is 0 Å². The normalized spacial score (nSPS) is 14.5. The van der Waals surface area contributed by atoms with Crippen LogP contribution in [0.1, 0.15) is 56.7 Å². The molecule has 3 heterocycles. The Labute approximate surface area is 267 Å². The monoisotopic (exact) mass is 637 g/mol. The molecule has 0 fully saturated rings. The van der Waals surface area contributed by atoms with Crippen LogP contribution in [0.4, 0.5) is 11.4 Å². The van der Waals surface area contributed by atoms with E-state index in [1.54, 1.807) is 30.1 Å². The number of anilines is 2. The van der Waals surface area contributed by atoms with Crippen LogP contribution in [0, 0.1) is 5.41 Å². The summed E-state index contributed by atoms with van der Waals surface area (Å²) in [4.78, 5) is 38.3. The van der Waals surface area contributed by atoms with Gasteiger partial charge in [0.2, 0.25) is 11.8 Å². The number of ether oxygens (including phenoxy) is 1. The topological polar surface area (TPSA) is 87.7 Å². The van der Waals surface area contributed by atoms with Crippen molar-refractivity contribution < 1.29 is 14.3 Å². The van der Waals surface area contributed by atoms with Gasteiger partial charge in [0.25, 0.3) is 0 Å². The molecule has 0 saturated heterocycles. The van der Waals surface area contributed by atoms with Crippen molar-refractivity contribution >= 4 is 60.4 Å². The maximum Gasteiger partial charge on any atom is 0.242 e. The summed E-state index contributed by atoms with van der Waals surface area (Å²) in [5, 5.41) is 3.67. The van der Waals surface area contributed by atoms with Crippen LogP contribution >= 0.6 is 37.2 Å². The molecule has 2 amide bonds.